The third-order valence-electron chi connectivity index (χ3n) is 4.99. The molecule has 0 aliphatic rings. The van der Waals surface area contributed by atoms with E-state index in [1.807, 2.05) is 6.07 Å². The Labute approximate surface area is 189 Å². The molecule has 5 rings (SSSR count). The van der Waals surface area contributed by atoms with Crippen molar-refractivity contribution in [3.63, 3.8) is 0 Å². The highest BCUT2D eigenvalue weighted by molar-refractivity contribution is 7.90. The van der Waals surface area contributed by atoms with Crippen LogP contribution in [0.1, 0.15) is 11.6 Å². The SMILES string of the molecule is COc1ccnc(C=Cc2nc3ncc(-c4ccc(S(=O)(=O)n5cccc5)cc4)cc3o2)c1. The van der Waals surface area contributed by atoms with Crippen LogP contribution in [0.4, 0.5) is 0 Å². The Morgan fingerprint density at radius 3 is 2.52 bits per heavy atom. The molecule has 0 fully saturated rings. The van der Waals surface area contributed by atoms with E-state index in [1.54, 1.807) is 80.2 Å². The maximum atomic E-state index is 12.6. The third-order valence-corrected chi connectivity index (χ3v) is 6.65. The number of nitrogens with zero attached hydrogens (tertiary/aromatic N) is 4. The number of rotatable bonds is 6. The van der Waals surface area contributed by atoms with Crippen LogP contribution in [-0.2, 0) is 10.0 Å². The minimum Gasteiger partial charge on any atom is -0.497 e. The lowest BCUT2D eigenvalue weighted by molar-refractivity contribution is 0.414. The summed E-state index contributed by atoms with van der Waals surface area (Å²) in [7, 11) is -2.01. The summed E-state index contributed by atoms with van der Waals surface area (Å²) in [5.74, 6) is 1.10. The molecule has 0 N–H and O–H groups in total. The lowest BCUT2D eigenvalue weighted by Crippen LogP contribution is -2.10. The van der Waals surface area contributed by atoms with Gasteiger partial charge in [0.2, 0.25) is 5.89 Å². The molecular formula is C24H18N4O4S. The first-order valence-electron chi connectivity index (χ1n) is 9.97. The smallest absolute Gasteiger partial charge is 0.267 e. The fraction of sp³-hybridized carbons (Fsp3) is 0.0417. The number of aromatic nitrogens is 4. The number of fused-ring (bicyclic) bond motifs is 1. The number of pyridine rings is 2. The molecule has 0 bridgehead atoms. The Balaban J connectivity index is 1.40. The van der Waals surface area contributed by atoms with Crippen molar-refractivity contribution in [3.8, 4) is 16.9 Å². The van der Waals surface area contributed by atoms with E-state index >= 15 is 0 Å². The summed E-state index contributed by atoms with van der Waals surface area (Å²) in [6.07, 6.45) is 9.83. The quantitative estimate of drug-likeness (QED) is 0.369. The summed E-state index contributed by atoms with van der Waals surface area (Å²) in [6.45, 7) is 0. The van der Waals surface area contributed by atoms with E-state index in [0.717, 1.165) is 11.1 Å². The van der Waals surface area contributed by atoms with Crippen LogP contribution in [-0.4, -0.2) is 34.5 Å². The predicted molar refractivity (Wildman–Crippen MR) is 124 cm³/mol. The molecule has 164 valence electrons. The van der Waals surface area contributed by atoms with Gasteiger partial charge in [-0.25, -0.2) is 17.4 Å². The highest BCUT2D eigenvalue weighted by Gasteiger charge is 2.16. The van der Waals surface area contributed by atoms with Gasteiger partial charge in [-0.15, -0.1) is 0 Å². The molecule has 0 saturated heterocycles. The first-order valence-corrected chi connectivity index (χ1v) is 11.4. The van der Waals surface area contributed by atoms with Crippen molar-refractivity contribution in [1.29, 1.82) is 0 Å². The molecule has 33 heavy (non-hydrogen) atoms. The second-order valence-electron chi connectivity index (χ2n) is 7.09. The Hall–Kier alpha value is -4.24. The minimum absolute atomic E-state index is 0.203. The maximum Gasteiger partial charge on any atom is 0.267 e. The van der Waals surface area contributed by atoms with Gasteiger partial charge in [-0.2, -0.15) is 4.98 Å². The molecule has 0 radical (unpaired) electrons. The van der Waals surface area contributed by atoms with Gasteiger partial charge in [-0.05, 0) is 48.0 Å². The van der Waals surface area contributed by atoms with Gasteiger partial charge in [0.1, 0.15) is 5.75 Å². The molecule has 4 aromatic heterocycles. The van der Waals surface area contributed by atoms with Crippen molar-refractivity contribution in [3.05, 3.63) is 91.0 Å². The lowest BCUT2D eigenvalue weighted by atomic mass is 10.1. The summed E-state index contributed by atoms with van der Waals surface area (Å²) in [4.78, 5) is 13.2. The molecule has 0 atom stereocenters. The Bertz CT molecular complexity index is 1550. The van der Waals surface area contributed by atoms with Crippen molar-refractivity contribution in [2.75, 3.05) is 7.11 Å². The fourth-order valence-electron chi connectivity index (χ4n) is 3.29. The van der Waals surface area contributed by atoms with Crippen LogP contribution in [0.25, 0.3) is 34.5 Å². The number of hydrogen-bond acceptors (Lipinski definition) is 7. The molecule has 8 nitrogen and oxygen atoms in total. The van der Waals surface area contributed by atoms with Crippen LogP contribution in [0.5, 0.6) is 5.75 Å². The summed E-state index contributed by atoms with van der Waals surface area (Å²) < 4.78 is 37.5. The standard InChI is InChI=1S/C24H18N4O4S/c1-31-20-10-11-25-19(15-20)6-9-23-27-24-22(32-23)14-18(16-26-24)17-4-7-21(8-5-17)33(29,30)28-12-2-3-13-28/h2-16H,1H3. The van der Waals surface area contributed by atoms with Crippen molar-refractivity contribution in [2.24, 2.45) is 0 Å². The minimum atomic E-state index is -3.61. The first kappa shape index (κ1) is 20.7. The van der Waals surface area contributed by atoms with Gasteiger partial charge in [-0.1, -0.05) is 12.1 Å². The lowest BCUT2D eigenvalue weighted by Gasteiger charge is -2.07. The largest absolute Gasteiger partial charge is 0.497 e. The zero-order chi connectivity index (χ0) is 22.8. The molecule has 4 heterocycles. The molecule has 1 aromatic carbocycles. The van der Waals surface area contributed by atoms with Crippen molar-refractivity contribution in [2.45, 2.75) is 4.90 Å². The van der Waals surface area contributed by atoms with Crippen molar-refractivity contribution in [1.82, 2.24) is 18.9 Å². The normalized spacial score (nSPS) is 11.9. The van der Waals surface area contributed by atoms with Crippen LogP contribution in [0.3, 0.4) is 0 Å². The van der Waals surface area contributed by atoms with Crippen LogP contribution in [0, 0.1) is 0 Å². The van der Waals surface area contributed by atoms with Crippen LogP contribution in [0.15, 0.2) is 88.7 Å². The molecular weight excluding hydrogens is 440 g/mol. The van der Waals surface area contributed by atoms with E-state index in [1.165, 1.54) is 16.4 Å². The number of benzene rings is 1. The van der Waals surface area contributed by atoms with Crippen molar-refractivity contribution < 1.29 is 17.6 Å². The number of oxazole rings is 1. The number of methoxy groups -OCH3 is 1. The van der Waals surface area contributed by atoms with Crippen molar-refractivity contribution >= 4 is 33.4 Å². The Morgan fingerprint density at radius 1 is 0.970 bits per heavy atom. The first-order chi connectivity index (χ1) is 16.0. The maximum absolute atomic E-state index is 12.6. The molecule has 0 aliphatic heterocycles. The highest BCUT2D eigenvalue weighted by Crippen LogP contribution is 2.26. The molecule has 0 spiro atoms. The van der Waals surface area contributed by atoms with Gasteiger partial charge in [-0.3, -0.25) is 4.98 Å². The highest BCUT2D eigenvalue weighted by atomic mass is 32.2. The van der Waals surface area contributed by atoms with Gasteiger partial charge in [0.05, 0.1) is 17.7 Å². The van der Waals surface area contributed by atoms with Gasteiger partial charge < -0.3 is 9.15 Å². The molecule has 0 unspecified atom stereocenters. The second kappa shape index (κ2) is 8.36. The molecule has 0 aliphatic carbocycles. The third kappa shape index (κ3) is 4.13. The Morgan fingerprint density at radius 2 is 1.76 bits per heavy atom. The van der Waals surface area contributed by atoms with Crippen LogP contribution in [0.2, 0.25) is 0 Å². The zero-order valence-electron chi connectivity index (χ0n) is 17.5. The fourth-order valence-corrected chi connectivity index (χ4v) is 4.47. The van der Waals surface area contributed by atoms with Gasteiger partial charge in [0.25, 0.3) is 10.0 Å². The predicted octanol–water partition coefficient (Wildman–Crippen LogP) is 4.50. The number of ether oxygens (including phenoxy) is 1. The van der Waals surface area contributed by atoms with E-state index in [4.69, 9.17) is 9.15 Å². The van der Waals surface area contributed by atoms with Gasteiger partial charge in [0.15, 0.2) is 11.2 Å². The molecule has 0 saturated carbocycles. The van der Waals surface area contributed by atoms with Gasteiger partial charge >= 0.3 is 0 Å². The molecule has 0 amide bonds. The Kier molecular flexibility index (Phi) is 5.23. The molecule has 9 heteroatoms. The molecule has 5 aromatic rings. The average Bonchev–Trinajstić information content (AvgIpc) is 3.53. The summed E-state index contributed by atoms with van der Waals surface area (Å²) >= 11 is 0. The van der Waals surface area contributed by atoms with Gasteiger partial charge in [0, 0.05) is 42.5 Å². The van der Waals surface area contributed by atoms with Crippen LogP contribution < -0.4 is 4.74 Å². The monoisotopic (exact) mass is 458 g/mol. The number of hydrogen-bond donors (Lipinski definition) is 0. The average molecular weight is 458 g/mol. The summed E-state index contributed by atoms with van der Waals surface area (Å²) in [5.41, 5.74) is 3.30. The van der Waals surface area contributed by atoms with E-state index in [-0.39, 0.29) is 4.90 Å². The topological polar surface area (TPSA) is 100 Å². The van der Waals surface area contributed by atoms with E-state index in [0.29, 0.717) is 28.6 Å². The van der Waals surface area contributed by atoms with E-state index in [2.05, 4.69) is 15.0 Å². The van der Waals surface area contributed by atoms with E-state index < -0.39 is 10.0 Å². The second-order valence-corrected chi connectivity index (χ2v) is 8.94. The van der Waals surface area contributed by atoms with E-state index in [9.17, 15) is 8.42 Å². The zero-order valence-corrected chi connectivity index (χ0v) is 18.3. The summed E-state index contributed by atoms with van der Waals surface area (Å²) in [5, 5.41) is 0. The van der Waals surface area contributed by atoms with Crippen LogP contribution >= 0.6 is 0 Å². The summed E-state index contributed by atoms with van der Waals surface area (Å²) in [6, 6.07) is 15.4.